The summed E-state index contributed by atoms with van der Waals surface area (Å²) in [5.41, 5.74) is 0.481. The number of aromatic amines is 1. The summed E-state index contributed by atoms with van der Waals surface area (Å²) in [5.74, 6) is -0.229. The van der Waals surface area contributed by atoms with Gasteiger partial charge in [0.05, 0.1) is 6.20 Å². The Morgan fingerprint density at radius 1 is 1.33 bits per heavy atom. The van der Waals surface area contributed by atoms with Crippen molar-refractivity contribution in [3.8, 4) is 17.0 Å². The Balaban J connectivity index is 2.19. The summed E-state index contributed by atoms with van der Waals surface area (Å²) in [6.45, 7) is 2.60. The molecule has 0 spiro atoms. The molecule has 0 radical (unpaired) electrons. The number of aromatic nitrogens is 2. The lowest BCUT2D eigenvalue weighted by molar-refractivity contribution is 0.0947. The Morgan fingerprint density at radius 3 is 2.67 bits per heavy atom. The third kappa shape index (κ3) is 3.68. The minimum Gasteiger partial charge on any atom is -0.508 e. The smallest absolute Gasteiger partial charge is 0.275 e. The zero-order chi connectivity index (χ0) is 15.2. The highest BCUT2D eigenvalue weighted by atomic mass is 16.3. The van der Waals surface area contributed by atoms with E-state index in [1.807, 2.05) is 6.92 Å². The van der Waals surface area contributed by atoms with E-state index in [9.17, 15) is 14.7 Å². The number of phenols is 1. The molecule has 2 rings (SSSR count). The van der Waals surface area contributed by atoms with Crippen molar-refractivity contribution in [2.24, 2.45) is 0 Å². The van der Waals surface area contributed by atoms with Gasteiger partial charge >= 0.3 is 0 Å². The molecule has 2 aromatic rings. The van der Waals surface area contributed by atoms with E-state index < -0.39 is 5.56 Å². The van der Waals surface area contributed by atoms with Gasteiger partial charge in [-0.3, -0.25) is 9.59 Å². The molecule has 0 aliphatic heterocycles. The van der Waals surface area contributed by atoms with Crippen LogP contribution in [0.5, 0.6) is 5.75 Å². The molecule has 0 atom stereocenters. The molecule has 6 nitrogen and oxygen atoms in total. The number of benzene rings is 1. The number of carbonyl (C=O) groups is 1. The van der Waals surface area contributed by atoms with E-state index in [4.69, 9.17) is 0 Å². The fourth-order valence-electron chi connectivity index (χ4n) is 1.82. The van der Waals surface area contributed by atoms with Crippen LogP contribution in [-0.2, 0) is 0 Å². The van der Waals surface area contributed by atoms with Gasteiger partial charge in [-0.05, 0) is 30.7 Å². The third-order valence-corrected chi connectivity index (χ3v) is 2.99. The molecule has 0 bridgehead atoms. The Labute approximate surface area is 121 Å². The molecule has 0 saturated heterocycles. The Morgan fingerprint density at radius 2 is 2.05 bits per heavy atom. The monoisotopic (exact) mass is 287 g/mol. The summed E-state index contributed by atoms with van der Waals surface area (Å²) in [4.78, 5) is 30.4. The summed E-state index contributed by atoms with van der Waals surface area (Å²) >= 11 is 0. The van der Waals surface area contributed by atoms with Crippen molar-refractivity contribution in [1.82, 2.24) is 15.3 Å². The maximum atomic E-state index is 12.0. The number of amides is 1. The van der Waals surface area contributed by atoms with Crippen LogP contribution in [-0.4, -0.2) is 27.5 Å². The van der Waals surface area contributed by atoms with Crippen molar-refractivity contribution in [2.45, 2.75) is 19.8 Å². The molecule has 0 aliphatic rings. The Kier molecular flexibility index (Phi) is 4.71. The van der Waals surface area contributed by atoms with Gasteiger partial charge in [-0.2, -0.15) is 0 Å². The summed E-state index contributed by atoms with van der Waals surface area (Å²) < 4.78 is 0. The van der Waals surface area contributed by atoms with E-state index in [0.29, 0.717) is 12.1 Å². The van der Waals surface area contributed by atoms with Crippen molar-refractivity contribution in [3.05, 3.63) is 46.5 Å². The Hall–Kier alpha value is -2.63. The molecule has 0 aliphatic carbocycles. The molecule has 1 amide bonds. The quantitative estimate of drug-likeness (QED) is 0.729. The molecule has 0 saturated carbocycles. The number of hydrogen-bond acceptors (Lipinski definition) is 4. The standard InChI is InChI=1S/C15H17N3O3/c1-2-3-8-16-14(20)12-9-17-13(15(21)18-12)10-4-6-11(19)7-5-10/h4-7,9,19H,2-3,8H2,1H3,(H,16,20)(H,18,21). The lowest BCUT2D eigenvalue weighted by atomic mass is 10.1. The average Bonchev–Trinajstić information content (AvgIpc) is 2.48. The van der Waals surface area contributed by atoms with Crippen LogP contribution < -0.4 is 10.9 Å². The summed E-state index contributed by atoms with van der Waals surface area (Å²) in [6.07, 6.45) is 3.20. The summed E-state index contributed by atoms with van der Waals surface area (Å²) in [6, 6.07) is 6.13. The molecule has 3 N–H and O–H groups in total. The van der Waals surface area contributed by atoms with Gasteiger partial charge in [-0.15, -0.1) is 0 Å². The zero-order valence-electron chi connectivity index (χ0n) is 11.7. The van der Waals surface area contributed by atoms with Crippen LogP contribution in [0.2, 0.25) is 0 Å². The first-order valence-electron chi connectivity index (χ1n) is 6.78. The second-order valence-corrected chi connectivity index (χ2v) is 4.63. The average molecular weight is 287 g/mol. The molecule has 1 aromatic carbocycles. The molecule has 110 valence electrons. The predicted octanol–water partition coefficient (Wildman–Crippen LogP) is 1.67. The topological polar surface area (TPSA) is 95.1 Å². The SMILES string of the molecule is CCCCNC(=O)c1cnc(-c2ccc(O)cc2)c(=O)[nH]1. The molecule has 0 fully saturated rings. The van der Waals surface area contributed by atoms with Crippen LogP contribution in [0.3, 0.4) is 0 Å². The number of unbranched alkanes of at least 4 members (excludes halogenated alkanes) is 1. The van der Waals surface area contributed by atoms with Gasteiger partial charge in [-0.25, -0.2) is 4.98 Å². The van der Waals surface area contributed by atoms with Crippen LogP contribution >= 0.6 is 0 Å². The summed E-state index contributed by atoms with van der Waals surface area (Å²) in [5, 5.41) is 11.9. The minimum absolute atomic E-state index is 0.113. The van der Waals surface area contributed by atoms with E-state index in [-0.39, 0.29) is 23.0 Å². The maximum Gasteiger partial charge on any atom is 0.275 e. The lowest BCUT2D eigenvalue weighted by Crippen LogP contribution is -2.28. The van der Waals surface area contributed by atoms with Crippen LogP contribution in [0.1, 0.15) is 30.3 Å². The van der Waals surface area contributed by atoms with Gasteiger partial charge in [-0.1, -0.05) is 13.3 Å². The highest BCUT2D eigenvalue weighted by molar-refractivity contribution is 5.92. The van der Waals surface area contributed by atoms with Crippen LogP contribution in [0, 0.1) is 0 Å². The van der Waals surface area contributed by atoms with Crippen LogP contribution in [0.15, 0.2) is 35.3 Å². The van der Waals surface area contributed by atoms with Crippen molar-refractivity contribution in [3.63, 3.8) is 0 Å². The molecule has 21 heavy (non-hydrogen) atoms. The number of nitrogens with one attached hydrogen (secondary N) is 2. The molecular formula is C15H17N3O3. The molecule has 1 heterocycles. The number of hydrogen-bond donors (Lipinski definition) is 3. The van der Waals surface area contributed by atoms with Gasteiger partial charge in [0.2, 0.25) is 0 Å². The molecular weight excluding hydrogens is 270 g/mol. The summed E-state index contributed by atoms with van der Waals surface area (Å²) in [7, 11) is 0. The first kappa shape index (κ1) is 14.8. The molecule has 0 unspecified atom stereocenters. The normalized spacial score (nSPS) is 10.3. The first-order chi connectivity index (χ1) is 10.1. The number of carbonyl (C=O) groups excluding carboxylic acids is 1. The van der Waals surface area contributed by atoms with E-state index in [1.54, 1.807) is 12.1 Å². The highest BCUT2D eigenvalue weighted by Crippen LogP contribution is 2.16. The largest absolute Gasteiger partial charge is 0.508 e. The Bertz CT molecular complexity index is 677. The third-order valence-electron chi connectivity index (χ3n) is 2.99. The maximum absolute atomic E-state index is 12.0. The number of rotatable bonds is 5. The van der Waals surface area contributed by atoms with Gasteiger partial charge in [0, 0.05) is 12.1 Å². The van der Waals surface area contributed by atoms with E-state index in [0.717, 1.165) is 12.8 Å². The van der Waals surface area contributed by atoms with E-state index >= 15 is 0 Å². The van der Waals surface area contributed by atoms with Crippen molar-refractivity contribution in [1.29, 1.82) is 0 Å². The number of aromatic hydroxyl groups is 1. The first-order valence-corrected chi connectivity index (χ1v) is 6.78. The van der Waals surface area contributed by atoms with Crippen molar-refractivity contribution >= 4 is 5.91 Å². The molecule has 6 heteroatoms. The van der Waals surface area contributed by atoms with Crippen molar-refractivity contribution < 1.29 is 9.90 Å². The fraction of sp³-hybridized carbons (Fsp3) is 0.267. The predicted molar refractivity (Wildman–Crippen MR) is 79.2 cm³/mol. The molecule has 1 aromatic heterocycles. The van der Waals surface area contributed by atoms with E-state index in [2.05, 4.69) is 15.3 Å². The zero-order valence-corrected chi connectivity index (χ0v) is 11.7. The van der Waals surface area contributed by atoms with Gasteiger partial charge in [0.15, 0.2) is 0 Å². The van der Waals surface area contributed by atoms with Crippen LogP contribution in [0.4, 0.5) is 0 Å². The fourth-order valence-corrected chi connectivity index (χ4v) is 1.82. The second-order valence-electron chi connectivity index (χ2n) is 4.63. The van der Waals surface area contributed by atoms with Gasteiger partial charge < -0.3 is 15.4 Å². The highest BCUT2D eigenvalue weighted by Gasteiger charge is 2.10. The van der Waals surface area contributed by atoms with E-state index in [1.165, 1.54) is 18.3 Å². The van der Waals surface area contributed by atoms with Gasteiger partial charge in [0.25, 0.3) is 11.5 Å². The minimum atomic E-state index is -0.441. The number of nitrogens with zero attached hydrogens (tertiary/aromatic N) is 1. The van der Waals surface area contributed by atoms with Crippen molar-refractivity contribution in [2.75, 3.05) is 6.54 Å². The second kappa shape index (κ2) is 6.69. The van der Waals surface area contributed by atoms with Crippen LogP contribution in [0.25, 0.3) is 11.3 Å². The number of H-pyrrole nitrogens is 1. The number of phenolic OH excluding ortho intramolecular Hbond substituents is 1. The van der Waals surface area contributed by atoms with Gasteiger partial charge in [0.1, 0.15) is 17.1 Å². The lowest BCUT2D eigenvalue weighted by Gasteiger charge is -2.05.